The second-order valence-corrected chi connectivity index (χ2v) is 5.19. The van der Waals surface area contributed by atoms with Crippen LogP contribution in [-0.2, 0) is 4.74 Å². The number of aliphatic hydroxyl groups is 1. The lowest BCUT2D eigenvalue weighted by molar-refractivity contribution is 0.0915. The summed E-state index contributed by atoms with van der Waals surface area (Å²) >= 11 is 0. The van der Waals surface area contributed by atoms with Gasteiger partial charge in [-0.05, 0) is 43.5 Å². The molecule has 2 unspecified atom stereocenters. The van der Waals surface area contributed by atoms with Gasteiger partial charge in [-0.3, -0.25) is 4.79 Å². The minimum absolute atomic E-state index is 0.0494. The summed E-state index contributed by atoms with van der Waals surface area (Å²) in [6.45, 7) is 0.0668. The van der Waals surface area contributed by atoms with Crippen molar-refractivity contribution in [3.63, 3.8) is 0 Å². The van der Waals surface area contributed by atoms with Crippen molar-refractivity contribution in [3.05, 3.63) is 35.4 Å². The predicted octanol–water partition coefficient (Wildman–Crippen LogP) is 1.72. The lowest BCUT2D eigenvalue weighted by Gasteiger charge is -2.13. The number of carbonyl (C=O) groups is 1. The van der Waals surface area contributed by atoms with Gasteiger partial charge in [0, 0.05) is 30.7 Å². The molecule has 0 heterocycles. The number of hydrogen-bond acceptors (Lipinski definition) is 3. The number of nitrogens with one attached hydrogen (secondary N) is 1. The molecule has 0 saturated heterocycles. The van der Waals surface area contributed by atoms with Gasteiger partial charge in [-0.2, -0.15) is 0 Å². The number of amides is 1. The molecule has 1 amide bonds. The number of rotatable bonds is 4. The second kappa shape index (κ2) is 7.82. The summed E-state index contributed by atoms with van der Waals surface area (Å²) in [7, 11) is 1.71. The summed E-state index contributed by atoms with van der Waals surface area (Å²) in [4.78, 5) is 12.1. The van der Waals surface area contributed by atoms with Gasteiger partial charge in [0.2, 0.25) is 0 Å². The average molecular weight is 287 g/mol. The van der Waals surface area contributed by atoms with Gasteiger partial charge in [0.15, 0.2) is 0 Å². The Balaban J connectivity index is 1.90. The molecule has 0 aliphatic heterocycles. The number of benzene rings is 1. The van der Waals surface area contributed by atoms with Gasteiger partial charge in [-0.1, -0.05) is 11.8 Å². The van der Waals surface area contributed by atoms with E-state index < -0.39 is 0 Å². The molecule has 112 valence electrons. The molecule has 0 bridgehead atoms. The summed E-state index contributed by atoms with van der Waals surface area (Å²) < 4.78 is 5.31. The van der Waals surface area contributed by atoms with Crippen LogP contribution in [0.4, 0.5) is 0 Å². The predicted molar refractivity (Wildman–Crippen MR) is 80.9 cm³/mol. The van der Waals surface area contributed by atoms with Crippen LogP contribution < -0.4 is 5.32 Å². The standard InChI is InChI=1S/C17H21NO3/c1-21-16-10-9-15(12-16)18-17(20)14-7-5-13(6-8-14)4-2-3-11-19/h5-8,15-16,19H,3,9-12H2,1H3,(H,18,20). The van der Waals surface area contributed by atoms with Crippen molar-refractivity contribution in [1.29, 1.82) is 0 Å². The van der Waals surface area contributed by atoms with Gasteiger partial charge in [-0.15, -0.1) is 0 Å². The molecule has 1 aliphatic carbocycles. The molecule has 0 spiro atoms. The molecule has 21 heavy (non-hydrogen) atoms. The first-order chi connectivity index (χ1) is 10.2. The third kappa shape index (κ3) is 4.59. The Morgan fingerprint density at radius 1 is 1.38 bits per heavy atom. The van der Waals surface area contributed by atoms with E-state index in [1.54, 1.807) is 19.2 Å². The van der Waals surface area contributed by atoms with E-state index in [2.05, 4.69) is 17.2 Å². The van der Waals surface area contributed by atoms with Crippen molar-refractivity contribution < 1.29 is 14.6 Å². The zero-order chi connectivity index (χ0) is 15.1. The molecule has 1 aromatic carbocycles. The highest BCUT2D eigenvalue weighted by molar-refractivity contribution is 5.94. The van der Waals surface area contributed by atoms with Crippen molar-refractivity contribution >= 4 is 5.91 Å². The van der Waals surface area contributed by atoms with E-state index in [1.165, 1.54) is 0 Å². The highest BCUT2D eigenvalue weighted by atomic mass is 16.5. The lowest BCUT2D eigenvalue weighted by atomic mass is 10.1. The molecular weight excluding hydrogens is 266 g/mol. The summed E-state index contributed by atoms with van der Waals surface area (Å²) in [5, 5.41) is 11.7. The Morgan fingerprint density at radius 2 is 2.14 bits per heavy atom. The Hall–Kier alpha value is -1.83. The van der Waals surface area contributed by atoms with Crippen LogP contribution in [-0.4, -0.2) is 36.9 Å². The lowest BCUT2D eigenvalue weighted by Crippen LogP contribution is -2.33. The van der Waals surface area contributed by atoms with Crippen LogP contribution in [0.5, 0.6) is 0 Å². The molecule has 2 rings (SSSR count). The third-order valence-electron chi connectivity index (χ3n) is 3.67. The number of ether oxygens (including phenoxy) is 1. The number of methoxy groups -OCH3 is 1. The average Bonchev–Trinajstić information content (AvgIpc) is 2.96. The van der Waals surface area contributed by atoms with Crippen molar-refractivity contribution in [3.8, 4) is 11.8 Å². The molecule has 1 saturated carbocycles. The van der Waals surface area contributed by atoms with Crippen LogP contribution >= 0.6 is 0 Å². The largest absolute Gasteiger partial charge is 0.395 e. The van der Waals surface area contributed by atoms with Crippen molar-refractivity contribution in [2.45, 2.75) is 37.8 Å². The van der Waals surface area contributed by atoms with Gasteiger partial charge in [0.1, 0.15) is 0 Å². The Labute approximate surface area is 125 Å². The van der Waals surface area contributed by atoms with Gasteiger partial charge >= 0.3 is 0 Å². The van der Waals surface area contributed by atoms with Gasteiger partial charge in [0.25, 0.3) is 5.91 Å². The number of carbonyl (C=O) groups excluding carboxylic acids is 1. The van der Waals surface area contributed by atoms with Gasteiger partial charge < -0.3 is 15.2 Å². The van der Waals surface area contributed by atoms with E-state index in [0.29, 0.717) is 12.0 Å². The number of hydrogen-bond donors (Lipinski definition) is 2. The molecule has 1 aromatic rings. The minimum Gasteiger partial charge on any atom is -0.395 e. The minimum atomic E-state index is -0.0494. The summed E-state index contributed by atoms with van der Waals surface area (Å²) in [5.74, 6) is 5.75. The quantitative estimate of drug-likeness (QED) is 0.829. The molecule has 4 heteroatoms. The normalized spacial score (nSPS) is 20.7. The molecule has 2 atom stereocenters. The molecule has 0 radical (unpaired) electrons. The first-order valence-corrected chi connectivity index (χ1v) is 7.26. The SMILES string of the molecule is COC1CCC(NC(=O)c2ccc(C#CCCO)cc2)C1. The Morgan fingerprint density at radius 3 is 2.76 bits per heavy atom. The first kappa shape index (κ1) is 15.6. The molecule has 2 N–H and O–H groups in total. The van der Waals surface area contributed by atoms with Crippen LogP contribution in [0.2, 0.25) is 0 Å². The van der Waals surface area contributed by atoms with Crippen LogP contribution in [0, 0.1) is 11.8 Å². The zero-order valence-corrected chi connectivity index (χ0v) is 12.3. The molecule has 1 aliphatic rings. The van der Waals surface area contributed by atoms with Crippen molar-refractivity contribution in [1.82, 2.24) is 5.32 Å². The molecular formula is C17H21NO3. The van der Waals surface area contributed by atoms with Crippen LogP contribution in [0.15, 0.2) is 24.3 Å². The number of aliphatic hydroxyl groups excluding tert-OH is 1. The smallest absolute Gasteiger partial charge is 0.251 e. The zero-order valence-electron chi connectivity index (χ0n) is 12.3. The van der Waals surface area contributed by atoms with E-state index in [0.717, 1.165) is 24.8 Å². The fraction of sp³-hybridized carbons (Fsp3) is 0.471. The van der Waals surface area contributed by atoms with E-state index in [1.807, 2.05) is 12.1 Å². The molecule has 4 nitrogen and oxygen atoms in total. The monoisotopic (exact) mass is 287 g/mol. The van der Waals surface area contributed by atoms with Crippen molar-refractivity contribution in [2.24, 2.45) is 0 Å². The van der Waals surface area contributed by atoms with E-state index >= 15 is 0 Å². The highest BCUT2D eigenvalue weighted by Gasteiger charge is 2.25. The van der Waals surface area contributed by atoms with E-state index in [-0.39, 0.29) is 24.7 Å². The van der Waals surface area contributed by atoms with Gasteiger partial charge in [-0.25, -0.2) is 0 Å². The molecule has 1 fully saturated rings. The third-order valence-corrected chi connectivity index (χ3v) is 3.67. The Kier molecular flexibility index (Phi) is 5.79. The Bertz CT molecular complexity index is 527. The van der Waals surface area contributed by atoms with E-state index in [4.69, 9.17) is 9.84 Å². The maximum absolute atomic E-state index is 12.1. The topological polar surface area (TPSA) is 58.6 Å². The van der Waals surface area contributed by atoms with Crippen LogP contribution in [0.1, 0.15) is 41.6 Å². The maximum Gasteiger partial charge on any atom is 0.251 e. The summed E-state index contributed by atoms with van der Waals surface area (Å²) in [5.41, 5.74) is 1.49. The first-order valence-electron chi connectivity index (χ1n) is 7.26. The van der Waals surface area contributed by atoms with Gasteiger partial charge in [0.05, 0.1) is 12.7 Å². The van der Waals surface area contributed by atoms with Crippen LogP contribution in [0.25, 0.3) is 0 Å². The maximum atomic E-state index is 12.1. The summed E-state index contributed by atoms with van der Waals surface area (Å²) in [6, 6.07) is 7.41. The molecule has 0 aromatic heterocycles. The van der Waals surface area contributed by atoms with E-state index in [9.17, 15) is 4.79 Å². The van der Waals surface area contributed by atoms with Crippen LogP contribution in [0.3, 0.4) is 0 Å². The summed E-state index contributed by atoms with van der Waals surface area (Å²) in [6.07, 6.45) is 3.58. The second-order valence-electron chi connectivity index (χ2n) is 5.19. The fourth-order valence-corrected chi connectivity index (χ4v) is 2.48. The van der Waals surface area contributed by atoms with Crippen molar-refractivity contribution in [2.75, 3.05) is 13.7 Å². The highest BCUT2D eigenvalue weighted by Crippen LogP contribution is 2.21. The fourth-order valence-electron chi connectivity index (χ4n) is 2.48.